The van der Waals surface area contributed by atoms with Crippen molar-refractivity contribution in [3.8, 4) is 6.07 Å². The summed E-state index contributed by atoms with van der Waals surface area (Å²) >= 11 is 11.3. The van der Waals surface area contributed by atoms with Gasteiger partial charge in [0.05, 0.1) is 17.3 Å². The Balaban J connectivity index is 2.02. The molecule has 0 saturated heterocycles. The maximum absolute atomic E-state index is 8.80. The Labute approximate surface area is 145 Å². The number of rotatable bonds is 3. The van der Waals surface area contributed by atoms with Gasteiger partial charge in [-0.05, 0) is 61.5 Å². The fourth-order valence-corrected chi connectivity index (χ4v) is 2.21. The minimum absolute atomic E-state index is 0.378. The van der Waals surface area contributed by atoms with Crippen molar-refractivity contribution in [3.05, 3.63) is 64.2 Å². The van der Waals surface area contributed by atoms with Gasteiger partial charge >= 0.3 is 0 Å². The third-order valence-electron chi connectivity index (χ3n) is 3.27. The fourth-order valence-electron chi connectivity index (χ4n) is 1.88. The summed E-state index contributed by atoms with van der Waals surface area (Å²) in [6, 6.07) is 14.8. The summed E-state index contributed by atoms with van der Waals surface area (Å²) in [4.78, 5) is 0. The Hall–Kier alpha value is -2.42. The van der Waals surface area contributed by atoms with E-state index in [0.29, 0.717) is 15.7 Å². The summed E-state index contributed by atoms with van der Waals surface area (Å²) in [5.41, 5.74) is 6.86. The molecule has 0 fully saturated rings. The van der Waals surface area contributed by atoms with E-state index in [2.05, 4.69) is 21.9 Å². The molecule has 0 aromatic heterocycles. The van der Waals surface area contributed by atoms with Crippen molar-refractivity contribution in [1.29, 1.82) is 5.26 Å². The predicted octanol–water partition coefficient (Wildman–Crippen LogP) is 4.23. The number of nitrogens with one attached hydrogen (secondary N) is 2. The Morgan fingerprint density at radius 3 is 2.57 bits per heavy atom. The second-order valence-electron chi connectivity index (χ2n) is 4.86. The molecule has 0 aliphatic carbocycles. The van der Waals surface area contributed by atoms with E-state index in [1.165, 1.54) is 0 Å². The van der Waals surface area contributed by atoms with Gasteiger partial charge in [-0.2, -0.15) is 10.4 Å². The van der Waals surface area contributed by atoms with E-state index in [1.54, 1.807) is 12.1 Å². The van der Waals surface area contributed by atoms with Gasteiger partial charge in [-0.15, -0.1) is 0 Å². The molecule has 0 radical (unpaired) electrons. The first-order chi connectivity index (χ1) is 11.0. The molecule has 0 saturated carbocycles. The molecule has 2 aromatic carbocycles. The molecule has 0 unspecified atom stereocenters. The molecule has 4 nitrogen and oxygen atoms in total. The van der Waals surface area contributed by atoms with Crippen LogP contribution in [0.25, 0.3) is 0 Å². The average Bonchev–Trinajstić information content (AvgIpc) is 2.57. The summed E-state index contributed by atoms with van der Waals surface area (Å²) < 4.78 is 0. The second kappa shape index (κ2) is 7.73. The lowest BCUT2D eigenvalue weighted by atomic mass is 10.1. The minimum atomic E-state index is 0.378. The van der Waals surface area contributed by atoms with Crippen LogP contribution in [-0.4, -0.2) is 10.8 Å². The minimum Gasteiger partial charge on any atom is -0.331 e. The topological polar surface area (TPSA) is 60.2 Å². The number of nitrogens with zero attached hydrogens (tertiary/aromatic N) is 2. The Morgan fingerprint density at radius 1 is 1.22 bits per heavy atom. The number of hydrogen-bond acceptors (Lipinski definition) is 3. The van der Waals surface area contributed by atoms with Crippen LogP contribution in [0.5, 0.6) is 0 Å². The van der Waals surface area contributed by atoms with E-state index in [9.17, 15) is 0 Å². The molecular weight excluding hydrogens is 328 g/mol. The highest BCUT2D eigenvalue weighted by atomic mass is 35.5. The lowest BCUT2D eigenvalue weighted by Crippen LogP contribution is -2.25. The fraction of sp³-hybridized carbons (Fsp3) is 0.118. The predicted molar refractivity (Wildman–Crippen MR) is 98.9 cm³/mol. The van der Waals surface area contributed by atoms with E-state index in [-0.39, 0.29) is 0 Å². The number of hydrazone groups is 1. The van der Waals surface area contributed by atoms with E-state index in [0.717, 1.165) is 22.5 Å². The molecule has 0 atom stereocenters. The maximum atomic E-state index is 8.80. The zero-order valence-corrected chi connectivity index (χ0v) is 14.3. The van der Waals surface area contributed by atoms with E-state index >= 15 is 0 Å². The molecule has 2 rings (SSSR count). The van der Waals surface area contributed by atoms with Crippen LogP contribution in [-0.2, 0) is 0 Å². The molecule has 0 amide bonds. The van der Waals surface area contributed by atoms with Gasteiger partial charge in [0.1, 0.15) is 0 Å². The number of nitriles is 1. The van der Waals surface area contributed by atoms with Crippen LogP contribution in [0.3, 0.4) is 0 Å². The lowest BCUT2D eigenvalue weighted by molar-refractivity contribution is 1.04. The zero-order valence-electron chi connectivity index (χ0n) is 12.7. The third kappa shape index (κ3) is 4.52. The van der Waals surface area contributed by atoms with Gasteiger partial charge in [-0.3, -0.25) is 5.43 Å². The number of thiocarbonyl (C=S) groups is 1. The van der Waals surface area contributed by atoms with Crippen LogP contribution in [0, 0.1) is 18.3 Å². The van der Waals surface area contributed by atoms with Gasteiger partial charge in [-0.1, -0.05) is 29.8 Å². The summed E-state index contributed by atoms with van der Waals surface area (Å²) in [5, 5.41) is 17.2. The van der Waals surface area contributed by atoms with Crippen LogP contribution in [0.1, 0.15) is 23.6 Å². The maximum Gasteiger partial charge on any atom is 0.191 e. The zero-order chi connectivity index (χ0) is 16.8. The Morgan fingerprint density at radius 2 is 1.91 bits per heavy atom. The molecule has 0 spiro atoms. The highest BCUT2D eigenvalue weighted by Crippen LogP contribution is 2.22. The third-order valence-corrected chi connectivity index (χ3v) is 3.88. The van der Waals surface area contributed by atoms with Crippen molar-refractivity contribution in [2.24, 2.45) is 5.10 Å². The summed E-state index contributed by atoms with van der Waals surface area (Å²) in [6.45, 7) is 3.78. The molecule has 0 bridgehead atoms. The van der Waals surface area contributed by atoms with Crippen LogP contribution < -0.4 is 10.7 Å². The van der Waals surface area contributed by atoms with Gasteiger partial charge in [0.2, 0.25) is 0 Å². The molecule has 2 N–H and O–H groups in total. The van der Waals surface area contributed by atoms with Crippen LogP contribution in [0.2, 0.25) is 5.02 Å². The molecule has 23 heavy (non-hydrogen) atoms. The van der Waals surface area contributed by atoms with Crippen molar-refractivity contribution < 1.29 is 0 Å². The molecule has 0 aliphatic heterocycles. The monoisotopic (exact) mass is 342 g/mol. The van der Waals surface area contributed by atoms with Gasteiger partial charge in [-0.25, -0.2) is 0 Å². The van der Waals surface area contributed by atoms with Crippen molar-refractivity contribution in [1.82, 2.24) is 5.43 Å². The normalized spacial score (nSPS) is 10.8. The molecule has 2 aromatic rings. The quantitative estimate of drug-likeness (QED) is 0.498. The first kappa shape index (κ1) is 16.9. The van der Waals surface area contributed by atoms with Crippen LogP contribution in [0.15, 0.2) is 47.6 Å². The molecular formula is C17H15ClN4S. The Bertz CT molecular complexity index is 791. The number of benzene rings is 2. The summed E-state index contributed by atoms with van der Waals surface area (Å²) in [5.74, 6) is 0. The SMILES string of the molecule is C/C(=N\NC(=S)Nc1cccc(Cl)c1C)c1ccc(C#N)cc1. The Kier molecular flexibility index (Phi) is 5.69. The first-order valence-electron chi connectivity index (χ1n) is 6.88. The standard InChI is InChI=1S/C17H15ClN4S/c1-11-15(18)4-3-5-16(11)20-17(23)22-21-12(2)14-8-6-13(10-19)7-9-14/h3-9H,1-2H3,(H2,20,22,23)/b21-12+. The van der Waals surface area contributed by atoms with Crippen molar-refractivity contribution in [2.45, 2.75) is 13.8 Å². The summed E-state index contributed by atoms with van der Waals surface area (Å²) in [6.07, 6.45) is 0. The van der Waals surface area contributed by atoms with E-state index in [4.69, 9.17) is 29.1 Å². The van der Waals surface area contributed by atoms with Crippen molar-refractivity contribution >= 4 is 40.3 Å². The van der Waals surface area contributed by atoms with Gasteiger partial charge in [0.25, 0.3) is 0 Å². The number of anilines is 1. The van der Waals surface area contributed by atoms with Crippen molar-refractivity contribution in [2.75, 3.05) is 5.32 Å². The number of halogens is 1. The lowest BCUT2D eigenvalue weighted by Gasteiger charge is -2.11. The number of hydrogen-bond donors (Lipinski definition) is 2. The highest BCUT2D eigenvalue weighted by molar-refractivity contribution is 7.80. The second-order valence-corrected chi connectivity index (χ2v) is 5.68. The molecule has 0 heterocycles. The van der Waals surface area contributed by atoms with E-state index < -0.39 is 0 Å². The van der Waals surface area contributed by atoms with Crippen LogP contribution >= 0.6 is 23.8 Å². The molecule has 116 valence electrons. The van der Waals surface area contributed by atoms with Crippen molar-refractivity contribution in [3.63, 3.8) is 0 Å². The average molecular weight is 343 g/mol. The van der Waals surface area contributed by atoms with Crippen LogP contribution in [0.4, 0.5) is 5.69 Å². The smallest absolute Gasteiger partial charge is 0.191 e. The van der Waals surface area contributed by atoms with Gasteiger partial charge in [0, 0.05) is 10.7 Å². The molecule has 6 heteroatoms. The first-order valence-corrected chi connectivity index (χ1v) is 7.67. The summed E-state index contributed by atoms with van der Waals surface area (Å²) in [7, 11) is 0. The highest BCUT2D eigenvalue weighted by Gasteiger charge is 2.04. The van der Waals surface area contributed by atoms with Gasteiger partial charge < -0.3 is 5.32 Å². The van der Waals surface area contributed by atoms with Gasteiger partial charge in [0.15, 0.2) is 5.11 Å². The largest absolute Gasteiger partial charge is 0.331 e. The van der Waals surface area contributed by atoms with E-state index in [1.807, 2.05) is 44.2 Å². The molecule has 0 aliphatic rings.